The van der Waals surface area contributed by atoms with Gasteiger partial charge in [0.2, 0.25) is 0 Å². The van der Waals surface area contributed by atoms with Crippen molar-refractivity contribution in [1.82, 2.24) is 0 Å². The minimum absolute atomic E-state index is 0.402. The quantitative estimate of drug-likeness (QED) is 0.822. The van der Waals surface area contributed by atoms with E-state index in [1.54, 1.807) is 0 Å². The van der Waals surface area contributed by atoms with E-state index in [0.29, 0.717) is 15.4 Å². The Kier molecular flexibility index (Phi) is 3.32. The first-order valence-corrected chi connectivity index (χ1v) is 6.52. The third-order valence-corrected chi connectivity index (χ3v) is 3.96. The molecule has 0 radical (unpaired) electrons. The van der Waals surface area contributed by atoms with Crippen molar-refractivity contribution in [2.45, 2.75) is 20.3 Å². The van der Waals surface area contributed by atoms with Crippen LogP contribution < -0.4 is 11.1 Å². The third-order valence-electron chi connectivity index (χ3n) is 3.50. The second-order valence-electron chi connectivity index (χ2n) is 5.32. The molecule has 0 bridgehead atoms. The van der Waals surface area contributed by atoms with E-state index < -0.39 is 0 Å². The van der Waals surface area contributed by atoms with Gasteiger partial charge in [0, 0.05) is 22.8 Å². The van der Waals surface area contributed by atoms with Gasteiger partial charge < -0.3 is 11.1 Å². The zero-order chi connectivity index (χ0) is 12.6. The molecule has 1 aliphatic rings. The number of thiocarbonyl (C=S) groups is 1. The topological polar surface area (TPSA) is 38.0 Å². The molecular weight excluding hydrogens is 252 g/mol. The fourth-order valence-corrected chi connectivity index (χ4v) is 2.39. The molecule has 0 spiro atoms. The molecule has 0 amide bonds. The van der Waals surface area contributed by atoms with Crippen molar-refractivity contribution in [2.75, 3.05) is 11.9 Å². The molecule has 17 heavy (non-hydrogen) atoms. The van der Waals surface area contributed by atoms with Gasteiger partial charge in [-0.05, 0) is 36.0 Å². The third kappa shape index (κ3) is 2.90. The molecular formula is C13H17ClN2S. The number of benzene rings is 1. The molecule has 1 fully saturated rings. The lowest BCUT2D eigenvalue weighted by Gasteiger charge is -2.12. The van der Waals surface area contributed by atoms with Crippen LogP contribution in [0.4, 0.5) is 5.69 Å². The summed E-state index contributed by atoms with van der Waals surface area (Å²) in [5, 5.41) is 4.10. The van der Waals surface area contributed by atoms with Crippen LogP contribution in [0.2, 0.25) is 5.02 Å². The average Bonchev–Trinajstić information content (AvgIpc) is 2.83. The first-order valence-electron chi connectivity index (χ1n) is 5.73. The number of hydrogen-bond acceptors (Lipinski definition) is 2. The van der Waals surface area contributed by atoms with Gasteiger partial charge >= 0.3 is 0 Å². The van der Waals surface area contributed by atoms with Crippen LogP contribution in [0.25, 0.3) is 0 Å². The molecule has 1 unspecified atom stereocenters. The first kappa shape index (κ1) is 12.7. The van der Waals surface area contributed by atoms with E-state index in [1.165, 1.54) is 6.42 Å². The molecule has 1 aromatic carbocycles. The van der Waals surface area contributed by atoms with Gasteiger partial charge in [0.05, 0.1) is 0 Å². The van der Waals surface area contributed by atoms with Gasteiger partial charge in [0.1, 0.15) is 4.99 Å². The number of nitrogens with two attached hydrogens (primary N) is 1. The van der Waals surface area contributed by atoms with E-state index in [1.807, 2.05) is 18.2 Å². The second kappa shape index (κ2) is 4.46. The summed E-state index contributed by atoms with van der Waals surface area (Å²) < 4.78 is 0. The van der Waals surface area contributed by atoms with Crippen LogP contribution in [0.5, 0.6) is 0 Å². The molecule has 1 aromatic rings. The van der Waals surface area contributed by atoms with E-state index in [-0.39, 0.29) is 0 Å². The average molecular weight is 269 g/mol. The summed E-state index contributed by atoms with van der Waals surface area (Å²) in [6, 6.07) is 5.55. The Morgan fingerprint density at radius 3 is 2.76 bits per heavy atom. The van der Waals surface area contributed by atoms with Gasteiger partial charge in [-0.3, -0.25) is 0 Å². The Labute approximate surface area is 113 Å². The summed E-state index contributed by atoms with van der Waals surface area (Å²) in [7, 11) is 0. The first-order chi connectivity index (χ1) is 7.90. The Bertz CT molecular complexity index is 457. The molecule has 0 heterocycles. The normalized spacial score (nSPS) is 21.0. The lowest BCUT2D eigenvalue weighted by molar-refractivity contribution is 0.573. The van der Waals surface area contributed by atoms with Gasteiger partial charge in [-0.15, -0.1) is 0 Å². The van der Waals surface area contributed by atoms with Crippen LogP contribution in [-0.2, 0) is 0 Å². The van der Waals surface area contributed by atoms with Gasteiger partial charge in [0.15, 0.2) is 0 Å². The van der Waals surface area contributed by atoms with Crippen LogP contribution in [0.1, 0.15) is 25.8 Å². The second-order valence-corrected chi connectivity index (χ2v) is 6.20. The SMILES string of the molecule is CC1(C)CC1CNc1cc(Cl)ccc1C(N)=S. The van der Waals surface area contributed by atoms with Crippen molar-refractivity contribution in [3.63, 3.8) is 0 Å². The molecule has 4 heteroatoms. The Hall–Kier alpha value is -0.800. The van der Waals surface area contributed by atoms with Gasteiger partial charge in [-0.1, -0.05) is 37.7 Å². The maximum Gasteiger partial charge on any atom is 0.106 e. The Balaban J connectivity index is 2.09. The minimum atomic E-state index is 0.402. The fraction of sp³-hybridized carbons (Fsp3) is 0.462. The molecule has 1 saturated carbocycles. The van der Waals surface area contributed by atoms with Crippen molar-refractivity contribution in [1.29, 1.82) is 0 Å². The van der Waals surface area contributed by atoms with E-state index in [4.69, 9.17) is 29.6 Å². The smallest absolute Gasteiger partial charge is 0.106 e. The van der Waals surface area contributed by atoms with Crippen LogP contribution in [-0.4, -0.2) is 11.5 Å². The standard InChI is InChI=1S/C13H17ClN2S/c1-13(2)6-8(13)7-16-11-5-9(14)3-4-10(11)12(15)17/h3-5,8,16H,6-7H2,1-2H3,(H2,15,17). The van der Waals surface area contributed by atoms with Crippen molar-refractivity contribution >= 4 is 34.5 Å². The number of rotatable bonds is 4. The number of nitrogens with one attached hydrogen (secondary N) is 1. The molecule has 0 aliphatic heterocycles. The maximum absolute atomic E-state index is 5.98. The van der Waals surface area contributed by atoms with Crippen LogP contribution in [0.15, 0.2) is 18.2 Å². The fourth-order valence-electron chi connectivity index (χ4n) is 2.04. The highest BCUT2D eigenvalue weighted by atomic mass is 35.5. The van der Waals surface area contributed by atoms with Gasteiger partial charge in [-0.25, -0.2) is 0 Å². The molecule has 1 atom stereocenters. The summed E-state index contributed by atoms with van der Waals surface area (Å²) in [5.74, 6) is 0.723. The minimum Gasteiger partial charge on any atom is -0.389 e. The highest BCUT2D eigenvalue weighted by Crippen LogP contribution is 2.51. The van der Waals surface area contributed by atoms with Crippen molar-refractivity contribution < 1.29 is 0 Å². The molecule has 2 nitrogen and oxygen atoms in total. The Morgan fingerprint density at radius 1 is 1.59 bits per heavy atom. The van der Waals surface area contributed by atoms with E-state index in [9.17, 15) is 0 Å². The highest BCUT2D eigenvalue weighted by Gasteiger charge is 2.44. The van der Waals surface area contributed by atoms with Crippen molar-refractivity contribution in [3.05, 3.63) is 28.8 Å². The van der Waals surface area contributed by atoms with Crippen molar-refractivity contribution in [2.24, 2.45) is 17.1 Å². The number of halogens is 1. The lowest BCUT2D eigenvalue weighted by atomic mass is 10.1. The summed E-state index contributed by atoms with van der Waals surface area (Å²) in [6.07, 6.45) is 1.27. The van der Waals surface area contributed by atoms with E-state index >= 15 is 0 Å². The maximum atomic E-state index is 5.98. The summed E-state index contributed by atoms with van der Waals surface area (Å²) in [5.41, 5.74) is 7.96. The Morgan fingerprint density at radius 2 is 2.24 bits per heavy atom. The molecule has 3 N–H and O–H groups in total. The summed E-state index contributed by atoms with van der Waals surface area (Å²) in [4.78, 5) is 0.402. The van der Waals surface area contributed by atoms with Crippen molar-refractivity contribution in [3.8, 4) is 0 Å². The van der Waals surface area contributed by atoms with E-state index in [0.717, 1.165) is 23.7 Å². The zero-order valence-electron chi connectivity index (χ0n) is 10.1. The lowest BCUT2D eigenvalue weighted by Crippen LogP contribution is -2.15. The molecule has 2 rings (SSSR count). The van der Waals surface area contributed by atoms with Crippen LogP contribution in [0, 0.1) is 11.3 Å². The molecule has 1 aliphatic carbocycles. The van der Waals surface area contributed by atoms with Crippen LogP contribution >= 0.6 is 23.8 Å². The molecule has 0 aromatic heterocycles. The largest absolute Gasteiger partial charge is 0.389 e. The highest BCUT2D eigenvalue weighted by molar-refractivity contribution is 7.80. The predicted octanol–water partition coefficient (Wildman–Crippen LogP) is 3.43. The molecule has 92 valence electrons. The van der Waals surface area contributed by atoms with Gasteiger partial charge in [-0.2, -0.15) is 0 Å². The predicted molar refractivity (Wildman–Crippen MR) is 77.7 cm³/mol. The monoisotopic (exact) mass is 268 g/mol. The number of anilines is 1. The molecule has 0 saturated heterocycles. The summed E-state index contributed by atoms with van der Waals surface area (Å²) in [6.45, 7) is 5.51. The summed E-state index contributed by atoms with van der Waals surface area (Å²) >= 11 is 11.0. The number of hydrogen-bond donors (Lipinski definition) is 2. The van der Waals surface area contributed by atoms with E-state index in [2.05, 4.69) is 19.2 Å². The zero-order valence-corrected chi connectivity index (χ0v) is 11.7. The van der Waals surface area contributed by atoms with Gasteiger partial charge in [0.25, 0.3) is 0 Å². The van der Waals surface area contributed by atoms with Crippen LogP contribution in [0.3, 0.4) is 0 Å².